The Balaban J connectivity index is 2.02. The van der Waals surface area contributed by atoms with E-state index in [1.807, 2.05) is 0 Å². The summed E-state index contributed by atoms with van der Waals surface area (Å²) in [5, 5.41) is 14.8. The number of benzene rings is 2. The molecule has 130 valence electrons. The van der Waals surface area contributed by atoms with Crippen molar-refractivity contribution in [3.63, 3.8) is 0 Å². The van der Waals surface area contributed by atoms with E-state index in [0.29, 0.717) is 23.2 Å². The molecular formula is C18H20N4O3. The molecule has 0 aromatic heterocycles. The minimum absolute atomic E-state index is 0.0721. The number of anilines is 1. The number of nitrogens with one attached hydrogen (secondary N) is 2. The maximum atomic E-state index is 12.3. The SMILES string of the molecule is CC(N)(N=N)c1ccc(C(=O)Nc2ccc(CCC(=O)O)cc2)cc1. The normalized spacial score (nSPS) is 12.9. The van der Waals surface area contributed by atoms with Gasteiger partial charge in [0, 0.05) is 17.7 Å². The van der Waals surface area contributed by atoms with Crippen molar-refractivity contribution in [3.8, 4) is 0 Å². The zero-order chi connectivity index (χ0) is 18.4. The molecule has 0 heterocycles. The van der Waals surface area contributed by atoms with E-state index in [4.69, 9.17) is 16.4 Å². The lowest BCUT2D eigenvalue weighted by molar-refractivity contribution is -0.136. The molecular weight excluding hydrogens is 320 g/mol. The van der Waals surface area contributed by atoms with E-state index >= 15 is 0 Å². The maximum Gasteiger partial charge on any atom is 0.303 e. The number of hydrogen-bond acceptors (Lipinski definition) is 5. The van der Waals surface area contributed by atoms with Crippen LogP contribution in [-0.2, 0) is 16.9 Å². The molecule has 25 heavy (non-hydrogen) atoms. The molecule has 0 fully saturated rings. The number of hydrogen-bond donors (Lipinski definition) is 4. The van der Waals surface area contributed by atoms with Crippen LogP contribution < -0.4 is 11.1 Å². The quantitative estimate of drug-likeness (QED) is 0.577. The van der Waals surface area contributed by atoms with Crippen LogP contribution >= 0.6 is 0 Å². The van der Waals surface area contributed by atoms with Crippen molar-refractivity contribution in [1.29, 1.82) is 5.53 Å². The number of carbonyl (C=O) groups excluding carboxylic acids is 1. The summed E-state index contributed by atoms with van der Waals surface area (Å²) in [6.07, 6.45) is 0.520. The van der Waals surface area contributed by atoms with Gasteiger partial charge in [-0.05, 0) is 48.7 Å². The van der Waals surface area contributed by atoms with Gasteiger partial charge in [-0.15, -0.1) is 0 Å². The molecule has 7 nitrogen and oxygen atoms in total. The summed E-state index contributed by atoms with van der Waals surface area (Å²) < 4.78 is 0. The van der Waals surface area contributed by atoms with Gasteiger partial charge in [-0.2, -0.15) is 5.11 Å². The second kappa shape index (κ2) is 7.67. The molecule has 7 heteroatoms. The standard InChI is InChI=1S/C18H20N4O3/c1-18(19,22-20)14-7-5-13(6-8-14)17(25)21-15-9-2-12(3-10-15)4-11-16(23)24/h2-3,5-10,20H,4,11,19H2,1H3,(H,21,25)(H,23,24). The molecule has 1 unspecified atom stereocenters. The Hall–Kier alpha value is -3.06. The smallest absolute Gasteiger partial charge is 0.303 e. The zero-order valence-electron chi connectivity index (χ0n) is 13.8. The number of amides is 1. The van der Waals surface area contributed by atoms with Crippen LogP contribution in [0.4, 0.5) is 5.69 Å². The molecule has 0 bridgehead atoms. The minimum Gasteiger partial charge on any atom is -0.481 e. The van der Waals surface area contributed by atoms with Gasteiger partial charge in [0.2, 0.25) is 0 Å². The summed E-state index contributed by atoms with van der Waals surface area (Å²) in [7, 11) is 0. The van der Waals surface area contributed by atoms with Crippen molar-refractivity contribution in [2.24, 2.45) is 10.8 Å². The Labute approximate surface area is 145 Å². The highest BCUT2D eigenvalue weighted by Gasteiger charge is 2.19. The van der Waals surface area contributed by atoms with Crippen molar-refractivity contribution in [3.05, 3.63) is 65.2 Å². The van der Waals surface area contributed by atoms with Crippen molar-refractivity contribution < 1.29 is 14.7 Å². The monoisotopic (exact) mass is 340 g/mol. The van der Waals surface area contributed by atoms with Crippen molar-refractivity contribution in [1.82, 2.24) is 0 Å². The summed E-state index contributed by atoms with van der Waals surface area (Å²) in [5.74, 6) is -1.11. The van der Waals surface area contributed by atoms with E-state index in [1.165, 1.54) is 0 Å². The fourth-order valence-corrected chi connectivity index (χ4v) is 2.23. The molecule has 2 rings (SSSR count). The van der Waals surface area contributed by atoms with Gasteiger partial charge in [-0.25, -0.2) is 5.53 Å². The van der Waals surface area contributed by atoms with Crippen LogP contribution in [0.5, 0.6) is 0 Å². The molecule has 0 aliphatic heterocycles. The largest absolute Gasteiger partial charge is 0.481 e. The topological polar surface area (TPSA) is 129 Å². The Morgan fingerprint density at radius 3 is 2.28 bits per heavy atom. The first-order valence-electron chi connectivity index (χ1n) is 7.72. The summed E-state index contributed by atoms with van der Waals surface area (Å²) >= 11 is 0. The van der Waals surface area contributed by atoms with Crippen LogP contribution in [0.1, 0.15) is 34.8 Å². The average molecular weight is 340 g/mol. The third-order valence-electron chi connectivity index (χ3n) is 3.80. The number of carbonyl (C=O) groups is 2. The van der Waals surface area contributed by atoms with E-state index in [-0.39, 0.29) is 12.3 Å². The Morgan fingerprint density at radius 1 is 1.16 bits per heavy atom. The van der Waals surface area contributed by atoms with Gasteiger partial charge in [0.1, 0.15) is 0 Å². The van der Waals surface area contributed by atoms with Crippen molar-refractivity contribution in [2.45, 2.75) is 25.4 Å². The first-order valence-corrected chi connectivity index (χ1v) is 7.72. The van der Waals surface area contributed by atoms with Crippen LogP contribution in [0.3, 0.4) is 0 Å². The molecule has 0 spiro atoms. The van der Waals surface area contributed by atoms with Crippen LogP contribution in [0, 0.1) is 5.53 Å². The first kappa shape index (κ1) is 18.3. The van der Waals surface area contributed by atoms with Gasteiger partial charge in [-0.1, -0.05) is 24.3 Å². The van der Waals surface area contributed by atoms with E-state index in [0.717, 1.165) is 5.56 Å². The number of rotatable bonds is 7. The number of nitrogens with two attached hydrogens (primary N) is 1. The van der Waals surface area contributed by atoms with E-state index in [9.17, 15) is 9.59 Å². The van der Waals surface area contributed by atoms with Gasteiger partial charge >= 0.3 is 5.97 Å². The lowest BCUT2D eigenvalue weighted by Crippen LogP contribution is -2.29. The maximum absolute atomic E-state index is 12.3. The molecule has 0 saturated carbocycles. The van der Waals surface area contributed by atoms with Gasteiger partial charge in [0.25, 0.3) is 5.91 Å². The number of aliphatic carboxylic acids is 1. The second-order valence-corrected chi connectivity index (χ2v) is 5.88. The highest BCUT2D eigenvalue weighted by molar-refractivity contribution is 6.04. The van der Waals surface area contributed by atoms with Crippen molar-refractivity contribution in [2.75, 3.05) is 5.32 Å². The molecule has 1 amide bonds. The van der Waals surface area contributed by atoms with Crippen LogP contribution in [-0.4, -0.2) is 17.0 Å². The molecule has 0 saturated heterocycles. The average Bonchev–Trinajstić information content (AvgIpc) is 2.61. The fourth-order valence-electron chi connectivity index (χ4n) is 2.23. The summed E-state index contributed by atoms with van der Waals surface area (Å²) in [6.45, 7) is 1.61. The summed E-state index contributed by atoms with van der Waals surface area (Å²) in [4.78, 5) is 22.8. The highest BCUT2D eigenvalue weighted by Crippen LogP contribution is 2.20. The number of nitrogens with zero attached hydrogens (tertiary/aromatic N) is 1. The predicted molar refractivity (Wildman–Crippen MR) is 93.5 cm³/mol. The van der Waals surface area contributed by atoms with Crippen LogP contribution in [0.25, 0.3) is 0 Å². The van der Waals surface area contributed by atoms with E-state index in [1.54, 1.807) is 55.5 Å². The molecule has 5 N–H and O–H groups in total. The predicted octanol–water partition coefficient (Wildman–Crippen LogP) is 3.12. The van der Waals surface area contributed by atoms with Crippen LogP contribution in [0.15, 0.2) is 53.6 Å². The Morgan fingerprint density at radius 2 is 1.76 bits per heavy atom. The molecule has 2 aromatic rings. The van der Waals surface area contributed by atoms with E-state index < -0.39 is 11.6 Å². The van der Waals surface area contributed by atoms with Gasteiger partial charge in [0.15, 0.2) is 5.66 Å². The number of carboxylic acid groups (broad SMARTS) is 1. The molecule has 0 aliphatic rings. The molecule has 0 radical (unpaired) electrons. The summed E-state index contributed by atoms with van der Waals surface area (Å²) in [6, 6.07) is 13.6. The van der Waals surface area contributed by atoms with Crippen molar-refractivity contribution >= 4 is 17.6 Å². The lowest BCUT2D eigenvalue weighted by atomic mass is 10.0. The zero-order valence-corrected chi connectivity index (χ0v) is 13.8. The Bertz CT molecular complexity index is 768. The molecule has 0 aliphatic carbocycles. The van der Waals surface area contributed by atoms with Gasteiger partial charge in [0.05, 0.1) is 0 Å². The van der Waals surface area contributed by atoms with E-state index in [2.05, 4.69) is 10.4 Å². The lowest BCUT2D eigenvalue weighted by Gasteiger charge is -2.17. The highest BCUT2D eigenvalue weighted by atomic mass is 16.4. The molecule has 1 atom stereocenters. The Kier molecular flexibility index (Phi) is 5.61. The van der Waals surface area contributed by atoms with Gasteiger partial charge < -0.3 is 16.2 Å². The first-order chi connectivity index (χ1) is 11.8. The fraction of sp³-hybridized carbons (Fsp3) is 0.222. The van der Waals surface area contributed by atoms with Crippen LogP contribution in [0.2, 0.25) is 0 Å². The van der Waals surface area contributed by atoms with Gasteiger partial charge in [-0.3, -0.25) is 9.59 Å². The molecule has 2 aromatic carbocycles. The summed E-state index contributed by atoms with van der Waals surface area (Å²) in [5.41, 5.74) is 14.4. The second-order valence-electron chi connectivity index (χ2n) is 5.88. The third-order valence-corrected chi connectivity index (χ3v) is 3.80. The third kappa shape index (κ3) is 4.95. The number of aryl methyl sites for hydroxylation is 1. The minimum atomic E-state index is -1.11. The number of carboxylic acids is 1.